The number of hydrogen-bond donors (Lipinski definition) is 1. The molecule has 0 spiro atoms. The fourth-order valence-corrected chi connectivity index (χ4v) is 3.14. The van der Waals surface area contributed by atoms with Gasteiger partial charge in [0, 0.05) is 30.3 Å². The predicted molar refractivity (Wildman–Crippen MR) is 66.8 cm³/mol. The summed E-state index contributed by atoms with van der Waals surface area (Å²) in [5.41, 5.74) is 0. The van der Waals surface area contributed by atoms with Gasteiger partial charge in [-0.2, -0.15) is 0 Å². The molecule has 90 valence electrons. The highest BCUT2D eigenvalue weighted by Crippen LogP contribution is 2.29. The van der Waals surface area contributed by atoms with Gasteiger partial charge in [0.1, 0.15) is 0 Å². The van der Waals surface area contributed by atoms with Gasteiger partial charge in [0.25, 0.3) is 0 Å². The summed E-state index contributed by atoms with van der Waals surface area (Å²) in [7, 11) is 2.04. The first-order valence-electron chi connectivity index (χ1n) is 5.97. The van der Waals surface area contributed by atoms with Gasteiger partial charge in [-0.25, -0.2) is 4.98 Å². The summed E-state index contributed by atoms with van der Waals surface area (Å²) in [4.78, 5) is 5.70. The molecule has 1 fully saturated rings. The third-order valence-electron chi connectivity index (χ3n) is 3.24. The van der Waals surface area contributed by atoms with E-state index in [0.29, 0.717) is 6.04 Å². The van der Waals surface area contributed by atoms with E-state index in [4.69, 9.17) is 4.74 Å². The molecule has 1 atom stereocenters. The van der Waals surface area contributed by atoms with Crippen LogP contribution in [0, 0.1) is 12.8 Å². The third-order valence-corrected chi connectivity index (χ3v) is 4.27. The molecule has 2 rings (SSSR count). The Morgan fingerprint density at radius 2 is 2.31 bits per heavy atom. The van der Waals surface area contributed by atoms with E-state index < -0.39 is 0 Å². The van der Waals surface area contributed by atoms with Gasteiger partial charge in [-0.05, 0) is 39.2 Å². The summed E-state index contributed by atoms with van der Waals surface area (Å²) in [6, 6.07) is 0.467. The van der Waals surface area contributed by atoms with E-state index in [-0.39, 0.29) is 0 Å². The molecule has 1 aliphatic heterocycles. The topological polar surface area (TPSA) is 34.1 Å². The molecule has 0 saturated carbocycles. The van der Waals surface area contributed by atoms with Crippen molar-refractivity contribution in [3.05, 3.63) is 16.1 Å². The van der Waals surface area contributed by atoms with E-state index >= 15 is 0 Å². The number of rotatable bonds is 4. The van der Waals surface area contributed by atoms with Crippen molar-refractivity contribution in [3.63, 3.8) is 0 Å². The lowest BCUT2D eigenvalue weighted by Gasteiger charge is -2.25. The second-order valence-corrected chi connectivity index (χ2v) is 5.68. The van der Waals surface area contributed by atoms with Crippen LogP contribution in [-0.4, -0.2) is 25.2 Å². The highest BCUT2D eigenvalue weighted by atomic mass is 32.1. The zero-order valence-corrected chi connectivity index (χ0v) is 10.8. The van der Waals surface area contributed by atoms with Gasteiger partial charge in [0.2, 0.25) is 0 Å². The maximum Gasteiger partial charge on any atom is 0.0897 e. The molecule has 16 heavy (non-hydrogen) atoms. The molecule has 1 unspecified atom stereocenters. The zero-order chi connectivity index (χ0) is 11.4. The summed E-state index contributed by atoms with van der Waals surface area (Å²) in [5.74, 6) is 0.800. The smallest absolute Gasteiger partial charge is 0.0897 e. The van der Waals surface area contributed by atoms with E-state index in [1.807, 2.05) is 13.2 Å². The average Bonchev–Trinajstić information content (AvgIpc) is 2.74. The fraction of sp³-hybridized carbons (Fsp3) is 0.750. The Morgan fingerprint density at radius 3 is 2.88 bits per heavy atom. The van der Waals surface area contributed by atoms with E-state index in [1.165, 1.54) is 24.1 Å². The van der Waals surface area contributed by atoms with Crippen molar-refractivity contribution in [2.75, 3.05) is 20.3 Å². The zero-order valence-electron chi connectivity index (χ0n) is 10.0. The molecule has 2 heterocycles. The van der Waals surface area contributed by atoms with Gasteiger partial charge in [-0.1, -0.05) is 0 Å². The highest BCUT2D eigenvalue weighted by molar-refractivity contribution is 7.11. The maximum atomic E-state index is 5.39. The van der Waals surface area contributed by atoms with E-state index in [9.17, 15) is 0 Å². The molecular formula is C12H20N2OS. The lowest BCUT2D eigenvalue weighted by Crippen LogP contribution is -2.23. The van der Waals surface area contributed by atoms with Crippen LogP contribution in [0.25, 0.3) is 0 Å². The largest absolute Gasteiger partial charge is 0.381 e. The van der Waals surface area contributed by atoms with E-state index in [1.54, 1.807) is 11.3 Å². The Labute approximate surface area is 101 Å². The van der Waals surface area contributed by atoms with Gasteiger partial charge >= 0.3 is 0 Å². The van der Waals surface area contributed by atoms with Crippen molar-refractivity contribution in [2.45, 2.75) is 32.2 Å². The fourth-order valence-electron chi connectivity index (χ4n) is 2.23. The molecule has 1 aromatic rings. The number of hydrogen-bond acceptors (Lipinski definition) is 4. The van der Waals surface area contributed by atoms with Gasteiger partial charge in [0.05, 0.1) is 5.01 Å². The van der Waals surface area contributed by atoms with Crippen LogP contribution in [0.2, 0.25) is 0 Å². The van der Waals surface area contributed by atoms with Crippen molar-refractivity contribution in [1.29, 1.82) is 0 Å². The standard InChI is InChI=1S/C12H20N2OS/c1-9-14-8-12(16-9)11(13-2)7-10-3-5-15-6-4-10/h8,10-11,13H,3-7H2,1-2H3. The molecule has 1 N–H and O–H groups in total. The van der Waals surface area contributed by atoms with Crippen LogP contribution in [0.4, 0.5) is 0 Å². The minimum atomic E-state index is 0.467. The lowest BCUT2D eigenvalue weighted by molar-refractivity contribution is 0.0609. The second kappa shape index (κ2) is 5.75. The first-order chi connectivity index (χ1) is 7.79. The van der Waals surface area contributed by atoms with Crippen LogP contribution >= 0.6 is 11.3 Å². The van der Waals surface area contributed by atoms with Crippen LogP contribution in [-0.2, 0) is 4.74 Å². The monoisotopic (exact) mass is 240 g/mol. The molecule has 0 amide bonds. The molecule has 0 aliphatic carbocycles. The van der Waals surface area contributed by atoms with Crippen molar-refractivity contribution in [2.24, 2.45) is 5.92 Å². The number of aryl methyl sites for hydroxylation is 1. The van der Waals surface area contributed by atoms with Crippen LogP contribution in [0.15, 0.2) is 6.20 Å². The number of nitrogens with one attached hydrogen (secondary N) is 1. The lowest BCUT2D eigenvalue weighted by atomic mass is 9.92. The van der Waals surface area contributed by atoms with Crippen LogP contribution < -0.4 is 5.32 Å². The Morgan fingerprint density at radius 1 is 1.56 bits per heavy atom. The molecule has 1 aromatic heterocycles. The first kappa shape index (κ1) is 12.0. The van der Waals surface area contributed by atoms with E-state index in [2.05, 4.69) is 17.2 Å². The number of nitrogens with zero attached hydrogens (tertiary/aromatic N) is 1. The van der Waals surface area contributed by atoms with Crippen LogP contribution in [0.5, 0.6) is 0 Å². The first-order valence-corrected chi connectivity index (χ1v) is 6.78. The van der Waals surface area contributed by atoms with Crippen LogP contribution in [0.3, 0.4) is 0 Å². The van der Waals surface area contributed by atoms with Crippen molar-refractivity contribution in [1.82, 2.24) is 10.3 Å². The summed E-state index contributed by atoms with van der Waals surface area (Å²) < 4.78 is 5.39. The molecule has 3 nitrogen and oxygen atoms in total. The quantitative estimate of drug-likeness (QED) is 0.878. The van der Waals surface area contributed by atoms with Crippen molar-refractivity contribution >= 4 is 11.3 Å². The molecule has 0 aromatic carbocycles. The summed E-state index contributed by atoms with van der Waals surface area (Å²) in [5, 5.41) is 4.56. The molecular weight excluding hydrogens is 220 g/mol. The van der Waals surface area contributed by atoms with Crippen molar-refractivity contribution in [3.8, 4) is 0 Å². The molecule has 0 radical (unpaired) electrons. The number of thiazole rings is 1. The molecule has 0 bridgehead atoms. The Bertz CT molecular complexity index is 321. The van der Waals surface area contributed by atoms with E-state index in [0.717, 1.165) is 24.1 Å². The minimum Gasteiger partial charge on any atom is -0.381 e. The third kappa shape index (κ3) is 3.03. The van der Waals surface area contributed by atoms with Gasteiger partial charge in [0.15, 0.2) is 0 Å². The Balaban J connectivity index is 1.94. The molecule has 4 heteroatoms. The minimum absolute atomic E-state index is 0.467. The Kier molecular flexibility index (Phi) is 4.32. The normalized spacial score (nSPS) is 19.9. The predicted octanol–water partition coefficient (Wildman–Crippen LogP) is 2.53. The average molecular weight is 240 g/mol. The summed E-state index contributed by atoms with van der Waals surface area (Å²) >= 11 is 1.80. The SMILES string of the molecule is CNC(CC1CCOCC1)c1cnc(C)s1. The molecule has 1 aliphatic rings. The van der Waals surface area contributed by atoms with Gasteiger partial charge < -0.3 is 10.1 Å². The highest BCUT2D eigenvalue weighted by Gasteiger charge is 2.20. The maximum absolute atomic E-state index is 5.39. The summed E-state index contributed by atoms with van der Waals surface area (Å²) in [6.45, 7) is 3.93. The Hall–Kier alpha value is -0.450. The van der Waals surface area contributed by atoms with Gasteiger partial charge in [-0.3, -0.25) is 0 Å². The van der Waals surface area contributed by atoms with Crippen LogP contribution in [0.1, 0.15) is 35.2 Å². The molecule has 1 saturated heterocycles. The number of ether oxygens (including phenoxy) is 1. The number of aromatic nitrogens is 1. The van der Waals surface area contributed by atoms with Crippen molar-refractivity contribution < 1.29 is 4.74 Å². The van der Waals surface area contributed by atoms with Gasteiger partial charge in [-0.15, -0.1) is 11.3 Å². The second-order valence-electron chi connectivity index (χ2n) is 4.41. The summed E-state index contributed by atoms with van der Waals surface area (Å²) in [6.07, 6.45) is 5.63.